The summed E-state index contributed by atoms with van der Waals surface area (Å²) in [5.74, 6) is 0.677. The van der Waals surface area contributed by atoms with Crippen molar-refractivity contribution in [2.45, 2.75) is 51.8 Å². The van der Waals surface area contributed by atoms with Crippen LogP contribution in [0.25, 0.3) is 0 Å². The third-order valence-electron chi connectivity index (χ3n) is 5.00. The number of hydrogen-bond donors (Lipinski definition) is 1. The fourth-order valence-electron chi connectivity index (χ4n) is 3.53. The molecule has 0 aromatic carbocycles. The van der Waals surface area contributed by atoms with Gasteiger partial charge >= 0.3 is 5.97 Å². The number of amidine groups is 1. The molecule has 1 amide bonds. The van der Waals surface area contributed by atoms with Crippen molar-refractivity contribution in [3.05, 3.63) is 27.9 Å². The summed E-state index contributed by atoms with van der Waals surface area (Å²) in [6.07, 6.45) is 3.76. The maximum atomic E-state index is 12.4. The molecule has 2 saturated heterocycles. The van der Waals surface area contributed by atoms with Crippen LogP contribution in [0.2, 0.25) is 0 Å². The van der Waals surface area contributed by atoms with E-state index in [0.717, 1.165) is 42.6 Å². The van der Waals surface area contributed by atoms with Gasteiger partial charge in [-0.3, -0.25) is 14.5 Å². The van der Waals surface area contributed by atoms with Crippen LogP contribution in [0.1, 0.15) is 45.5 Å². The van der Waals surface area contributed by atoms with Crippen molar-refractivity contribution < 1.29 is 14.3 Å². The molecule has 10 heteroatoms. The Balaban J connectivity index is 0.000000858. The van der Waals surface area contributed by atoms with Gasteiger partial charge in [-0.15, -0.1) is 11.3 Å². The Labute approximate surface area is 192 Å². The van der Waals surface area contributed by atoms with Gasteiger partial charge in [0.05, 0.1) is 24.0 Å². The summed E-state index contributed by atoms with van der Waals surface area (Å²) >= 11 is 3.23. The maximum Gasteiger partial charge on any atom is 0.337 e. The molecule has 4 rings (SSSR count). The van der Waals surface area contributed by atoms with Gasteiger partial charge in [-0.1, -0.05) is 32.2 Å². The summed E-state index contributed by atoms with van der Waals surface area (Å²) in [6.45, 7) is 10.6. The monoisotopic (exact) mass is 465 g/mol. The average Bonchev–Trinajstić information content (AvgIpc) is 3.36. The molecule has 3 aliphatic rings. The second kappa shape index (κ2) is 11.1. The number of fused-ring (bicyclic) bond motifs is 1. The molecule has 0 spiro atoms. The number of thiazole rings is 1. The van der Waals surface area contributed by atoms with Gasteiger partial charge < -0.3 is 14.5 Å². The highest BCUT2D eigenvalue weighted by Crippen LogP contribution is 2.33. The first-order chi connectivity index (χ1) is 15.0. The van der Waals surface area contributed by atoms with Crippen molar-refractivity contribution in [2.24, 2.45) is 4.99 Å². The van der Waals surface area contributed by atoms with Crippen molar-refractivity contribution in [2.75, 3.05) is 32.8 Å². The van der Waals surface area contributed by atoms with Gasteiger partial charge in [0, 0.05) is 56.3 Å². The molecule has 2 fully saturated rings. The standard InChI is InChI=1S/C18H23N5O3S2.C3H8/c1-3-26-18(25)14-7-20-16(17-19-4-5-27-17)23-8-12(6-15(14)23)21-28-13-9-22(10-13)11(2)24;1-3-2/h4-5,12-13,21H,3,6-10H2,1-2H3;3H2,1-2H3. The van der Waals surface area contributed by atoms with Crippen LogP contribution in [-0.2, 0) is 14.3 Å². The van der Waals surface area contributed by atoms with Gasteiger partial charge in [-0.2, -0.15) is 0 Å². The van der Waals surface area contributed by atoms with Crippen LogP contribution in [0.15, 0.2) is 27.8 Å². The van der Waals surface area contributed by atoms with E-state index in [4.69, 9.17) is 4.74 Å². The van der Waals surface area contributed by atoms with E-state index in [2.05, 4.69) is 33.4 Å². The van der Waals surface area contributed by atoms with Crippen LogP contribution < -0.4 is 4.72 Å². The number of likely N-dealkylation sites (tertiary alicyclic amines) is 1. The minimum Gasteiger partial charge on any atom is -0.463 e. The summed E-state index contributed by atoms with van der Waals surface area (Å²) in [7, 11) is 0. The molecule has 1 unspecified atom stereocenters. The topological polar surface area (TPSA) is 87.1 Å². The number of aliphatic imine (C=N–C) groups is 1. The van der Waals surface area contributed by atoms with Crippen molar-refractivity contribution in [1.82, 2.24) is 19.5 Å². The lowest BCUT2D eigenvalue weighted by atomic mass is 10.1. The molecule has 0 radical (unpaired) electrons. The largest absolute Gasteiger partial charge is 0.463 e. The number of nitrogens with zero attached hydrogens (tertiary/aromatic N) is 4. The second-order valence-corrected chi connectivity index (χ2v) is 9.66. The zero-order valence-electron chi connectivity index (χ0n) is 18.6. The summed E-state index contributed by atoms with van der Waals surface area (Å²) in [5, 5.41) is 3.21. The van der Waals surface area contributed by atoms with E-state index in [9.17, 15) is 9.59 Å². The molecule has 1 N–H and O–H groups in total. The van der Waals surface area contributed by atoms with Gasteiger partial charge in [0.25, 0.3) is 0 Å². The quantitative estimate of drug-likeness (QED) is 0.510. The van der Waals surface area contributed by atoms with Crippen LogP contribution in [0.4, 0.5) is 0 Å². The fraction of sp³-hybridized carbons (Fsp3) is 0.619. The first-order valence-corrected chi connectivity index (χ1v) is 12.5. The smallest absolute Gasteiger partial charge is 0.337 e. The van der Waals surface area contributed by atoms with Crippen molar-refractivity contribution in [3.63, 3.8) is 0 Å². The van der Waals surface area contributed by atoms with Crippen LogP contribution in [-0.4, -0.2) is 76.6 Å². The molecule has 1 atom stereocenters. The van der Waals surface area contributed by atoms with E-state index < -0.39 is 0 Å². The number of carbonyl (C=O) groups excluding carboxylic acids is 2. The lowest BCUT2D eigenvalue weighted by Gasteiger charge is -2.38. The number of ether oxygens (including phenoxy) is 1. The Hall–Kier alpha value is -1.91. The SMILES string of the molecule is CCC.CCOC(=O)C1=C2CC(NSC3CN(C(C)=O)C3)CN2C(c2nccs2)=NC1. The van der Waals surface area contributed by atoms with E-state index >= 15 is 0 Å². The molecule has 4 heterocycles. The predicted octanol–water partition coefficient (Wildman–Crippen LogP) is 2.68. The number of aromatic nitrogens is 1. The number of esters is 1. The van der Waals surface area contributed by atoms with Gasteiger partial charge in [0.2, 0.25) is 5.91 Å². The van der Waals surface area contributed by atoms with Crippen LogP contribution in [0.3, 0.4) is 0 Å². The van der Waals surface area contributed by atoms with Crippen molar-refractivity contribution in [1.29, 1.82) is 0 Å². The second-order valence-electron chi connectivity index (χ2n) is 7.62. The highest BCUT2D eigenvalue weighted by molar-refractivity contribution is 7.98. The minimum absolute atomic E-state index is 0.128. The fourth-order valence-corrected chi connectivity index (χ4v) is 5.23. The summed E-state index contributed by atoms with van der Waals surface area (Å²) in [5.41, 5.74) is 1.62. The van der Waals surface area contributed by atoms with Crippen LogP contribution in [0, 0.1) is 0 Å². The third kappa shape index (κ3) is 5.67. The zero-order valence-corrected chi connectivity index (χ0v) is 20.2. The molecule has 0 aliphatic carbocycles. The Kier molecular flexibility index (Phi) is 8.50. The number of nitrogens with one attached hydrogen (secondary N) is 1. The third-order valence-corrected chi connectivity index (χ3v) is 6.87. The molecule has 1 aromatic rings. The predicted molar refractivity (Wildman–Crippen MR) is 125 cm³/mol. The Morgan fingerprint density at radius 1 is 1.29 bits per heavy atom. The van der Waals surface area contributed by atoms with Gasteiger partial charge in [0.15, 0.2) is 10.8 Å². The summed E-state index contributed by atoms with van der Waals surface area (Å²) in [6, 6.07) is 0.194. The molecule has 0 bridgehead atoms. The van der Waals surface area contributed by atoms with Crippen LogP contribution >= 0.6 is 23.3 Å². The number of hydrogen-bond acceptors (Lipinski definition) is 9. The molecule has 8 nitrogen and oxygen atoms in total. The van der Waals surface area contributed by atoms with Gasteiger partial charge in [0.1, 0.15) is 0 Å². The highest BCUT2D eigenvalue weighted by Gasteiger charge is 2.38. The van der Waals surface area contributed by atoms with Gasteiger partial charge in [-0.25, -0.2) is 9.78 Å². The van der Waals surface area contributed by atoms with Crippen LogP contribution in [0.5, 0.6) is 0 Å². The Morgan fingerprint density at radius 2 is 2.03 bits per heavy atom. The Morgan fingerprint density at radius 3 is 2.65 bits per heavy atom. The van der Waals surface area contributed by atoms with Gasteiger partial charge in [-0.05, 0) is 6.92 Å². The number of amides is 1. The number of carbonyl (C=O) groups is 2. The van der Waals surface area contributed by atoms with Crippen molar-refractivity contribution in [3.8, 4) is 0 Å². The summed E-state index contributed by atoms with van der Waals surface area (Å²) in [4.78, 5) is 36.7. The molecular formula is C21H31N5O3S2. The maximum absolute atomic E-state index is 12.4. The zero-order chi connectivity index (χ0) is 22.4. The molecule has 3 aliphatic heterocycles. The summed E-state index contributed by atoms with van der Waals surface area (Å²) < 4.78 is 8.78. The lowest BCUT2D eigenvalue weighted by molar-refractivity contribution is -0.138. The molecule has 1 aromatic heterocycles. The highest BCUT2D eigenvalue weighted by atomic mass is 32.2. The molecule has 0 saturated carbocycles. The van der Waals surface area contributed by atoms with E-state index in [1.54, 1.807) is 36.4 Å². The normalized spacial score (nSPS) is 20.5. The van der Waals surface area contributed by atoms with E-state index in [1.165, 1.54) is 6.42 Å². The molecular weight excluding hydrogens is 434 g/mol. The first-order valence-electron chi connectivity index (χ1n) is 10.8. The lowest BCUT2D eigenvalue weighted by Crippen LogP contribution is -2.52. The van der Waals surface area contributed by atoms with E-state index in [-0.39, 0.29) is 17.9 Å². The Bertz CT molecular complexity index is 834. The molecule has 31 heavy (non-hydrogen) atoms. The number of rotatable bonds is 6. The van der Waals surface area contributed by atoms with E-state index in [0.29, 0.717) is 24.0 Å². The van der Waals surface area contributed by atoms with Crippen molar-refractivity contribution >= 4 is 41.0 Å². The molecule has 170 valence electrons. The van der Waals surface area contributed by atoms with E-state index in [1.807, 2.05) is 17.2 Å². The average molecular weight is 466 g/mol. The first kappa shape index (κ1) is 23.7. The minimum atomic E-state index is -0.283.